The zero-order valence-electron chi connectivity index (χ0n) is 15.8. The summed E-state index contributed by atoms with van der Waals surface area (Å²) in [4.78, 5) is 2.01. The topological polar surface area (TPSA) is 21.7 Å². The number of nitrogens with zero attached hydrogens (tertiary/aromatic N) is 1. The molecule has 1 heterocycles. The van der Waals surface area contributed by atoms with E-state index >= 15 is 0 Å². The zero-order chi connectivity index (χ0) is 20.4. The molecule has 1 fully saturated rings. The van der Waals surface area contributed by atoms with Crippen LogP contribution in [0.5, 0.6) is 11.5 Å². The minimum absolute atomic E-state index is 0.151. The van der Waals surface area contributed by atoms with Crippen molar-refractivity contribution in [3.63, 3.8) is 0 Å². The van der Waals surface area contributed by atoms with E-state index in [1.165, 1.54) is 6.08 Å². The summed E-state index contributed by atoms with van der Waals surface area (Å²) in [5, 5.41) is 0. The van der Waals surface area contributed by atoms with Crippen molar-refractivity contribution in [2.75, 3.05) is 32.8 Å². The number of hydrogen-bond acceptors (Lipinski definition) is 3. The van der Waals surface area contributed by atoms with Gasteiger partial charge in [0.25, 0.3) is 0 Å². The summed E-state index contributed by atoms with van der Waals surface area (Å²) in [5.41, 5.74) is 1.41. The minimum atomic E-state index is -1.55. The molecule has 29 heavy (non-hydrogen) atoms. The van der Waals surface area contributed by atoms with E-state index in [1.807, 2.05) is 11.0 Å². The van der Waals surface area contributed by atoms with Gasteiger partial charge < -0.3 is 9.47 Å². The van der Waals surface area contributed by atoms with Gasteiger partial charge in [-0.25, -0.2) is 8.78 Å². The van der Waals surface area contributed by atoms with Gasteiger partial charge in [-0.3, -0.25) is 4.90 Å². The van der Waals surface area contributed by atoms with Crippen molar-refractivity contribution in [1.29, 1.82) is 0 Å². The molecule has 1 saturated heterocycles. The van der Waals surface area contributed by atoms with Crippen LogP contribution in [0.2, 0.25) is 0 Å². The first-order valence-electron chi connectivity index (χ1n) is 9.67. The van der Waals surface area contributed by atoms with Crippen molar-refractivity contribution in [2.24, 2.45) is 0 Å². The molecule has 0 bridgehead atoms. The van der Waals surface area contributed by atoms with Gasteiger partial charge in [-0.1, -0.05) is 18.2 Å². The summed E-state index contributed by atoms with van der Waals surface area (Å²) in [6, 6.07) is 5.02. The summed E-state index contributed by atoms with van der Waals surface area (Å²) in [6.07, 6.45) is 5.31. The molecule has 154 valence electrons. The van der Waals surface area contributed by atoms with E-state index < -0.39 is 34.6 Å². The predicted molar refractivity (Wildman–Crippen MR) is 101 cm³/mol. The van der Waals surface area contributed by atoms with Gasteiger partial charge in [-0.05, 0) is 42.5 Å². The molecule has 7 heteroatoms. The maximum Gasteiger partial charge on any atom is 0.205 e. The van der Waals surface area contributed by atoms with Crippen LogP contribution in [-0.4, -0.2) is 37.7 Å². The van der Waals surface area contributed by atoms with Crippen molar-refractivity contribution >= 4 is 6.08 Å². The molecular weight excluding hydrogens is 386 g/mol. The Kier molecular flexibility index (Phi) is 5.87. The van der Waals surface area contributed by atoms with Crippen LogP contribution in [0.15, 0.2) is 24.3 Å². The SMILES string of the molecule is Fc1c(F)c(Oc2ccc3c(c2)CCC3)c(F)c(F)c1/C=C/CN1CCOCC1. The number of fused-ring (bicyclic) bond motifs is 1. The quantitative estimate of drug-likeness (QED) is 0.522. The number of ether oxygens (including phenoxy) is 2. The van der Waals surface area contributed by atoms with Crippen LogP contribution in [0.1, 0.15) is 23.1 Å². The maximum atomic E-state index is 14.5. The Morgan fingerprint density at radius 2 is 1.62 bits per heavy atom. The van der Waals surface area contributed by atoms with Gasteiger partial charge in [-0.2, -0.15) is 8.78 Å². The van der Waals surface area contributed by atoms with Gasteiger partial charge in [0.2, 0.25) is 17.4 Å². The Morgan fingerprint density at radius 3 is 2.34 bits per heavy atom. The Hall–Kier alpha value is -2.38. The van der Waals surface area contributed by atoms with Gasteiger partial charge >= 0.3 is 0 Å². The molecule has 0 N–H and O–H groups in total. The molecule has 0 spiro atoms. The number of halogens is 4. The molecule has 2 aliphatic rings. The van der Waals surface area contributed by atoms with Crippen LogP contribution < -0.4 is 4.74 Å². The number of aryl methyl sites for hydroxylation is 2. The summed E-state index contributed by atoms with van der Waals surface area (Å²) in [7, 11) is 0. The first-order valence-corrected chi connectivity index (χ1v) is 9.67. The van der Waals surface area contributed by atoms with E-state index in [9.17, 15) is 17.6 Å². The summed E-state index contributed by atoms with van der Waals surface area (Å²) < 4.78 is 68.3. The fourth-order valence-electron chi connectivity index (χ4n) is 3.70. The van der Waals surface area contributed by atoms with Gasteiger partial charge in [-0.15, -0.1) is 0 Å². The summed E-state index contributed by atoms with van der Waals surface area (Å²) >= 11 is 0. The second kappa shape index (κ2) is 8.55. The molecule has 0 radical (unpaired) electrons. The average Bonchev–Trinajstić information content (AvgIpc) is 3.21. The molecule has 0 saturated carbocycles. The third-order valence-electron chi connectivity index (χ3n) is 5.30. The highest BCUT2D eigenvalue weighted by atomic mass is 19.2. The number of benzene rings is 2. The van der Waals surface area contributed by atoms with E-state index in [-0.39, 0.29) is 5.75 Å². The van der Waals surface area contributed by atoms with E-state index in [1.54, 1.807) is 12.1 Å². The van der Waals surface area contributed by atoms with Crippen LogP contribution in [0, 0.1) is 23.3 Å². The largest absolute Gasteiger partial charge is 0.451 e. The highest BCUT2D eigenvalue weighted by Crippen LogP contribution is 2.35. The molecule has 0 amide bonds. The first kappa shape index (κ1) is 19.9. The second-order valence-electron chi connectivity index (χ2n) is 7.20. The van der Waals surface area contributed by atoms with Crippen LogP contribution in [0.25, 0.3) is 6.08 Å². The van der Waals surface area contributed by atoms with Crippen molar-refractivity contribution in [3.8, 4) is 11.5 Å². The molecular formula is C22H21F4NO2. The number of morpholine rings is 1. The van der Waals surface area contributed by atoms with Crippen LogP contribution >= 0.6 is 0 Å². The number of rotatable bonds is 5. The molecule has 0 aromatic heterocycles. The normalized spacial score (nSPS) is 17.1. The van der Waals surface area contributed by atoms with Crippen molar-refractivity contribution in [3.05, 3.63) is 64.2 Å². The van der Waals surface area contributed by atoms with E-state index in [0.29, 0.717) is 32.8 Å². The average molecular weight is 407 g/mol. The lowest BCUT2D eigenvalue weighted by molar-refractivity contribution is 0.0435. The van der Waals surface area contributed by atoms with Gasteiger partial charge in [0.05, 0.1) is 18.8 Å². The van der Waals surface area contributed by atoms with Gasteiger partial charge in [0.1, 0.15) is 5.75 Å². The Morgan fingerprint density at radius 1 is 0.931 bits per heavy atom. The molecule has 4 rings (SSSR count). The Labute approximate surface area is 166 Å². The smallest absolute Gasteiger partial charge is 0.205 e. The van der Waals surface area contributed by atoms with E-state index in [2.05, 4.69) is 0 Å². The summed E-state index contributed by atoms with van der Waals surface area (Å²) in [6.45, 7) is 2.93. The Bertz CT molecular complexity index is 910. The standard InChI is InChI=1S/C22H21F4NO2/c23-18-17(5-2-8-27-9-11-28-12-10-27)19(24)21(26)22(20(18)25)29-16-7-6-14-3-1-4-15(14)13-16/h2,5-7,13H,1,3-4,8-12H2/b5-2+. The zero-order valence-corrected chi connectivity index (χ0v) is 15.8. The van der Waals surface area contributed by atoms with E-state index in [4.69, 9.17) is 9.47 Å². The lowest BCUT2D eigenvalue weighted by atomic mass is 10.1. The third kappa shape index (κ3) is 4.16. The van der Waals surface area contributed by atoms with Crippen LogP contribution in [0.3, 0.4) is 0 Å². The molecule has 2 aromatic rings. The third-order valence-corrected chi connectivity index (χ3v) is 5.30. The highest BCUT2D eigenvalue weighted by molar-refractivity contribution is 5.54. The van der Waals surface area contributed by atoms with Crippen molar-refractivity contribution < 1.29 is 27.0 Å². The number of hydrogen-bond donors (Lipinski definition) is 0. The van der Waals surface area contributed by atoms with Crippen LogP contribution in [-0.2, 0) is 17.6 Å². The first-order chi connectivity index (χ1) is 14.0. The molecule has 1 aliphatic heterocycles. The molecule has 1 aliphatic carbocycles. The molecule has 2 aromatic carbocycles. The maximum absolute atomic E-state index is 14.5. The summed E-state index contributed by atoms with van der Waals surface area (Å²) in [5.74, 6) is -6.96. The van der Waals surface area contributed by atoms with Gasteiger partial charge in [0, 0.05) is 19.6 Å². The molecule has 0 atom stereocenters. The lowest BCUT2D eigenvalue weighted by Gasteiger charge is -2.25. The lowest BCUT2D eigenvalue weighted by Crippen LogP contribution is -2.36. The van der Waals surface area contributed by atoms with Crippen molar-refractivity contribution in [2.45, 2.75) is 19.3 Å². The monoisotopic (exact) mass is 407 g/mol. The second-order valence-corrected chi connectivity index (χ2v) is 7.20. The van der Waals surface area contributed by atoms with Crippen LogP contribution in [0.4, 0.5) is 17.6 Å². The fourth-order valence-corrected chi connectivity index (χ4v) is 3.70. The van der Waals surface area contributed by atoms with Crippen molar-refractivity contribution in [1.82, 2.24) is 4.90 Å². The fraction of sp³-hybridized carbons (Fsp3) is 0.364. The Balaban J connectivity index is 1.56. The van der Waals surface area contributed by atoms with Gasteiger partial charge in [0.15, 0.2) is 11.6 Å². The molecule has 3 nitrogen and oxygen atoms in total. The predicted octanol–water partition coefficient (Wildman–Crippen LogP) is 4.87. The molecule has 0 unspecified atom stereocenters. The highest BCUT2D eigenvalue weighted by Gasteiger charge is 2.26. The van der Waals surface area contributed by atoms with E-state index in [0.717, 1.165) is 36.5 Å². The minimum Gasteiger partial charge on any atom is -0.451 e.